The fourth-order valence-electron chi connectivity index (χ4n) is 1.99. The van der Waals surface area contributed by atoms with Gasteiger partial charge in [0, 0.05) is 23.6 Å². The first kappa shape index (κ1) is 12.4. The van der Waals surface area contributed by atoms with E-state index in [1.165, 1.54) is 6.07 Å². The molecule has 1 aliphatic rings. The van der Waals surface area contributed by atoms with Gasteiger partial charge in [-0.3, -0.25) is 4.79 Å². The van der Waals surface area contributed by atoms with Crippen LogP contribution in [0.4, 0.5) is 4.39 Å². The Kier molecular flexibility index (Phi) is 3.43. The van der Waals surface area contributed by atoms with E-state index in [-0.39, 0.29) is 16.2 Å². The van der Waals surface area contributed by atoms with Crippen molar-refractivity contribution in [2.75, 3.05) is 18.8 Å². The Morgan fingerprint density at radius 2 is 2.12 bits per heavy atom. The second-order valence-electron chi connectivity index (χ2n) is 4.81. The molecule has 1 aromatic carbocycles. The highest BCUT2D eigenvalue weighted by Gasteiger charge is 2.30. The monoisotopic (exact) mass is 253 g/mol. The van der Waals surface area contributed by atoms with Gasteiger partial charge in [0.05, 0.1) is 5.56 Å². The molecule has 2 nitrogen and oxygen atoms in total. The van der Waals surface area contributed by atoms with E-state index in [1.807, 2.05) is 11.8 Å². The van der Waals surface area contributed by atoms with Crippen molar-refractivity contribution in [1.82, 2.24) is 4.90 Å². The summed E-state index contributed by atoms with van der Waals surface area (Å²) in [5.74, 6) is 0.276. The SMILES string of the molecule is CC1(C)CN(C(=O)c2ccccc2F)CCS1. The van der Waals surface area contributed by atoms with Crippen LogP contribution in [-0.2, 0) is 0 Å². The predicted molar refractivity (Wildman–Crippen MR) is 68.8 cm³/mol. The van der Waals surface area contributed by atoms with E-state index >= 15 is 0 Å². The molecule has 0 aliphatic carbocycles. The van der Waals surface area contributed by atoms with Crippen molar-refractivity contribution in [2.45, 2.75) is 18.6 Å². The molecule has 1 heterocycles. The van der Waals surface area contributed by atoms with E-state index in [4.69, 9.17) is 0 Å². The number of thioether (sulfide) groups is 1. The third kappa shape index (κ3) is 2.80. The molecule has 2 rings (SSSR count). The molecule has 1 fully saturated rings. The van der Waals surface area contributed by atoms with Gasteiger partial charge in [-0.25, -0.2) is 4.39 Å². The molecule has 0 spiro atoms. The lowest BCUT2D eigenvalue weighted by Gasteiger charge is -2.37. The molecule has 1 saturated heterocycles. The summed E-state index contributed by atoms with van der Waals surface area (Å²) in [4.78, 5) is 13.9. The summed E-state index contributed by atoms with van der Waals surface area (Å²) >= 11 is 1.85. The minimum absolute atomic E-state index is 0.0547. The first-order valence-electron chi connectivity index (χ1n) is 5.67. The smallest absolute Gasteiger partial charge is 0.256 e. The Bertz CT molecular complexity index is 433. The van der Waals surface area contributed by atoms with Gasteiger partial charge in [0.15, 0.2) is 0 Å². The summed E-state index contributed by atoms with van der Waals surface area (Å²) in [7, 11) is 0. The molecule has 1 amide bonds. The van der Waals surface area contributed by atoms with Gasteiger partial charge in [0.1, 0.15) is 5.82 Å². The van der Waals surface area contributed by atoms with Gasteiger partial charge in [-0.05, 0) is 26.0 Å². The summed E-state index contributed by atoms with van der Waals surface area (Å²) in [6.45, 7) is 5.59. The maximum absolute atomic E-state index is 13.5. The zero-order chi connectivity index (χ0) is 12.5. The van der Waals surface area contributed by atoms with Crippen molar-refractivity contribution in [3.63, 3.8) is 0 Å². The number of rotatable bonds is 1. The van der Waals surface area contributed by atoms with Crippen LogP contribution in [-0.4, -0.2) is 34.4 Å². The van der Waals surface area contributed by atoms with Gasteiger partial charge < -0.3 is 4.90 Å². The van der Waals surface area contributed by atoms with Gasteiger partial charge in [-0.1, -0.05) is 12.1 Å². The molecule has 17 heavy (non-hydrogen) atoms. The normalized spacial score (nSPS) is 19.1. The van der Waals surface area contributed by atoms with Crippen molar-refractivity contribution in [3.05, 3.63) is 35.6 Å². The van der Waals surface area contributed by atoms with E-state index in [1.54, 1.807) is 23.1 Å². The van der Waals surface area contributed by atoms with Crippen LogP contribution in [0.15, 0.2) is 24.3 Å². The average Bonchev–Trinajstić information content (AvgIpc) is 2.27. The Morgan fingerprint density at radius 3 is 2.76 bits per heavy atom. The number of hydrogen-bond acceptors (Lipinski definition) is 2. The van der Waals surface area contributed by atoms with Crippen LogP contribution in [0.3, 0.4) is 0 Å². The van der Waals surface area contributed by atoms with E-state index in [2.05, 4.69) is 13.8 Å². The van der Waals surface area contributed by atoms with Crippen LogP contribution in [0.1, 0.15) is 24.2 Å². The van der Waals surface area contributed by atoms with Crippen LogP contribution < -0.4 is 0 Å². The second kappa shape index (κ2) is 4.69. The third-order valence-electron chi connectivity index (χ3n) is 2.82. The first-order chi connectivity index (χ1) is 7.99. The summed E-state index contributed by atoms with van der Waals surface area (Å²) in [6.07, 6.45) is 0. The van der Waals surface area contributed by atoms with Crippen molar-refractivity contribution < 1.29 is 9.18 Å². The predicted octanol–water partition coefficient (Wildman–Crippen LogP) is 2.79. The minimum Gasteiger partial charge on any atom is -0.336 e. The molecule has 0 N–H and O–H groups in total. The fraction of sp³-hybridized carbons (Fsp3) is 0.462. The Balaban J connectivity index is 2.18. The molecule has 0 bridgehead atoms. The van der Waals surface area contributed by atoms with Gasteiger partial charge in [0.25, 0.3) is 5.91 Å². The maximum atomic E-state index is 13.5. The molecule has 4 heteroatoms. The molecule has 0 saturated carbocycles. The largest absolute Gasteiger partial charge is 0.336 e. The number of benzene rings is 1. The fourth-order valence-corrected chi connectivity index (χ4v) is 3.11. The molecular formula is C13H16FNOS. The van der Waals surface area contributed by atoms with E-state index in [0.717, 1.165) is 5.75 Å². The van der Waals surface area contributed by atoms with Crippen LogP contribution in [0, 0.1) is 5.82 Å². The van der Waals surface area contributed by atoms with Crippen molar-refractivity contribution in [1.29, 1.82) is 0 Å². The number of amides is 1. The summed E-state index contributed by atoms with van der Waals surface area (Å²) in [5.41, 5.74) is 0.176. The Labute approximate surface area is 105 Å². The van der Waals surface area contributed by atoms with E-state index in [0.29, 0.717) is 13.1 Å². The number of nitrogens with zero attached hydrogens (tertiary/aromatic N) is 1. The van der Waals surface area contributed by atoms with Gasteiger partial charge in [-0.15, -0.1) is 0 Å². The lowest BCUT2D eigenvalue weighted by Crippen LogP contribution is -2.46. The molecule has 0 aromatic heterocycles. The number of halogens is 1. The Morgan fingerprint density at radius 1 is 1.41 bits per heavy atom. The number of carbonyl (C=O) groups is 1. The van der Waals surface area contributed by atoms with Crippen LogP contribution in [0.5, 0.6) is 0 Å². The van der Waals surface area contributed by atoms with Crippen molar-refractivity contribution in [2.24, 2.45) is 0 Å². The number of hydrogen-bond donors (Lipinski definition) is 0. The quantitative estimate of drug-likeness (QED) is 0.767. The van der Waals surface area contributed by atoms with E-state index < -0.39 is 5.82 Å². The van der Waals surface area contributed by atoms with Crippen molar-refractivity contribution in [3.8, 4) is 0 Å². The highest BCUT2D eigenvalue weighted by Crippen LogP contribution is 2.30. The van der Waals surface area contributed by atoms with Crippen molar-refractivity contribution >= 4 is 17.7 Å². The summed E-state index contributed by atoms with van der Waals surface area (Å²) < 4.78 is 13.6. The maximum Gasteiger partial charge on any atom is 0.256 e. The first-order valence-corrected chi connectivity index (χ1v) is 6.66. The molecular weight excluding hydrogens is 237 g/mol. The second-order valence-corrected chi connectivity index (χ2v) is 6.62. The minimum atomic E-state index is -0.437. The van der Waals surface area contributed by atoms with Gasteiger partial charge in [0.2, 0.25) is 0 Å². The molecule has 1 aliphatic heterocycles. The molecule has 0 radical (unpaired) electrons. The zero-order valence-electron chi connectivity index (χ0n) is 10.1. The highest BCUT2D eigenvalue weighted by molar-refractivity contribution is 8.00. The summed E-state index contributed by atoms with van der Waals surface area (Å²) in [6, 6.07) is 6.17. The van der Waals surface area contributed by atoms with E-state index in [9.17, 15) is 9.18 Å². The standard InChI is InChI=1S/C13H16FNOS/c1-13(2)9-15(7-8-17-13)12(16)10-5-3-4-6-11(10)14/h3-6H,7-9H2,1-2H3. The van der Waals surface area contributed by atoms with Gasteiger partial charge in [-0.2, -0.15) is 11.8 Å². The molecule has 0 atom stereocenters. The lowest BCUT2D eigenvalue weighted by molar-refractivity contribution is 0.0743. The third-order valence-corrected chi connectivity index (χ3v) is 4.11. The van der Waals surface area contributed by atoms with Crippen LogP contribution in [0.25, 0.3) is 0 Å². The average molecular weight is 253 g/mol. The van der Waals surface area contributed by atoms with Crippen LogP contribution in [0.2, 0.25) is 0 Å². The summed E-state index contributed by atoms with van der Waals surface area (Å²) in [5, 5.41) is 0. The topological polar surface area (TPSA) is 20.3 Å². The Hall–Kier alpha value is -1.03. The molecule has 92 valence electrons. The highest BCUT2D eigenvalue weighted by atomic mass is 32.2. The zero-order valence-corrected chi connectivity index (χ0v) is 10.9. The molecule has 0 unspecified atom stereocenters. The van der Waals surface area contributed by atoms with Crippen LogP contribution >= 0.6 is 11.8 Å². The molecule has 1 aromatic rings. The lowest BCUT2D eigenvalue weighted by atomic mass is 10.1. The number of carbonyl (C=O) groups excluding carboxylic acids is 1. The van der Waals surface area contributed by atoms with Gasteiger partial charge >= 0.3 is 0 Å².